The Bertz CT molecular complexity index is 540. The molecule has 94 valence electrons. The number of hydrogen-bond acceptors (Lipinski definition) is 3. The van der Waals surface area contributed by atoms with Crippen molar-refractivity contribution in [2.45, 2.75) is 6.42 Å². The number of carbonyl (C=O) groups is 1. The van der Waals surface area contributed by atoms with Gasteiger partial charge < -0.3 is 10.1 Å². The molecule has 0 saturated carbocycles. The van der Waals surface area contributed by atoms with Crippen molar-refractivity contribution < 1.29 is 9.53 Å². The van der Waals surface area contributed by atoms with Crippen LogP contribution in [0, 0.1) is 0 Å². The summed E-state index contributed by atoms with van der Waals surface area (Å²) in [5, 5.41) is 5.19. The number of halogens is 1. The van der Waals surface area contributed by atoms with Gasteiger partial charge in [-0.3, -0.25) is 4.79 Å². The fourth-order valence-corrected chi connectivity index (χ4v) is 2.41. The van der Waals surface area contributed by atoms with Crippen molar-refractivity contribution in [3.8, 4) is 5.75 Å². The molecule has 0 radical (unpaired) electrons. The molecule has 0 atom stereocenters. The Hall–Kier alpha value is -1.52. The number of ether oxygens (including phenoxy) is 1. The molecule has 18 heavy (non-hydrogen) atoms. The summed E-state index contributed by atoms with van der Waals surface area (Å²) < 4.78 is 5.04. The summed E-state index contributed by atoms with van der Waals surface area (Å²) in [6.07, 6.45) is 0.361. The molecular weight excluding hydrogens is 270 g/mol. The van der Waals surface area contributed by atoms with E-state index in [4.69, 9.17) is 16.3 Å². The first-order valence-corrected chi connectivity index (χ1v) is 6.60. The average Bonchev–Trinajstić information content (AvgIpc) is 2.84. The number of hydrogen-bond donors (Lipinski definition) is 1. The Kier molecular flexibility index (Phi) is 4.23. The maximum atomic E-state index is 11.8. The lowest BCUT2D eigenvalue weighted by atomic mass is 10.2. The van der Waals surface area contributed by atoms with Crippen LogP contribution >= 0.6 is 22.9 Å². The molecule has 2 aromatic rings. The van der Waals surface area contributed by atoms with Gasteiger partial charge in [0.1, 0.15) is 5.75 Å². The third-order valence-electron chi connectivity index (χ3n) is 2.37. The molecule has 2 rings (SSSR count). The van der Waals surface area contributed by atoms with Crippen LogP contribution in [0.15, 0.2) is 35.7 Å². The fraction of sp³-hybridized carbons (Fsp3) is 0.154. The van der Waals surface area contributed by atoms with Crippen LogP contribution < -0.4 is 10.1 Å². The molecule has 1 aromatic carbocycles. The lowest BCUT2D eigenvalue weighted by molar-refractivity contribution is -0.115. The van der Waals surface area contributed by atoms with Gasteiger partial charge in [0.2, 0.25) is 5.91 Å². The third kappa shape index (κ3) is 3.24. The van der Waals surface area contributed by atoms with E-state index in [1.165, 1.54) is 0 Å². The summed E-state index contributed by atoms with van der Waals surface area (Å²) in [6.45, 7) is 0. The van der Waals surface area contributed by atoms with E-state index in [1.807, 2.05) is 17.5 Å². The first-order valence-electron chi connectivity index (χ1n) is 5.35. The Morgan fingerprint density at radius 1 is 1.44 bits per heavy atom. The predicted molar refractivity (Wildman–Crippen MR) is 74.7 cm³/mol. The highest BCUT2D eigenvalue weighted by atomic mass is 35.5. The van der Waals surface area contributed by atoms with E-state index < -0.39 is 0 Å². The average molecular weight is 282 g/mol. The van der Waals surface area contributed by atoms with Crippen LogP contribution in [0.5, 0.6) is 5.75 Å². The molecule has 1 aromatic heterocycles. The highest BCUT2D eigenvalue weighted by molar-refractivity contribution is 7.10. The summed E-state index contributed by atoms with van der Waals surface area (Å²) in [4.78, 5) is 12.8. The molecule has 5 heteroatoms. The third-order valence-corrected chi connectivity index (χ3v) is 3.55. The number of benzene rings is 1. The van der Waals surface area contributed by atoms with E-state index in [2.05, 4.69) is 5.32 Å². The van der Waals surface area contributed by atoms with Crippen molar-refractivity contribution in [1.82, 2.24) is 0 Å². The van der Waals surface area contributed by atoms with Gasteiger partial charge in [-0.2, -0.15) is 0 Å². The zero-order valence-corrected chi connectivity index (χ0v) is 11.3. The zero-order chi connectivity index (χ0) is 13.0. The van der Waals surface area contributed by atoms with Crippen molar-refractivity contribution in [2.75, 3.05) is 12.4 Å². The molecule has 0 unspecified atom stereocenters. The molecule has 0 aliphatic heterocycles. The second kappa shape index (κ2) is 5.89. The lowest BCUT2D eigenvalue weighted by Gasteiger charge is -2.08. The topological polar surface area (TPSA) is 38.3 Å². The Balaban J connectivity index is 2.03. The molecule has 0 spiro atoms. The van der Waals surface area contributed by atoms with E-state index in [0.29, 0.717) is 22.9 Å². The van der Waals surface area contributed by atoms with Crippen LogP contribution in [0.1, 0.15) is 4.88 Å². The highest BCUT2D eigenvalue weighted by Gasteiger charge is 2.08. The summed E-state index contributed by atoms with van der Waals surface area (Å²) in [6, 6.07) is 9.01. The molecule has 1 heterocycles. The maximum absolute atomic E-state index is 11.8. The van der Waals surface area contributed by atoms with Gasteiger partial charge in [-0.25, -0.2) is 0 Å². The summed E-state index contributed by atoms with van der Waals surface area (Å²) in [7, 11) is 1.57. The van der Waals surface area contributed by atoms with Gasteiger partial charge >= 0.3 is 0 Å². The molecule has 0 saturated heterocycles. The summed E-state index contributed by atoms with van der Waals surface area (Å²) >= 11 is 7.60. The molecule has 1 amide bonds. The normalized spacial score (nSPS) is 10.1. The van der Waals surface area contributed by atoms with Gasteiger partial charge in [0.05, 0.1) is 24.2 Å². The second-order valence-electron chi connectivity index (χ2n) is 3.65. The van der Waals surface area contributed by atoms with Crippen molar-refractivity contribution in [3.05, 3.63) is 45.6 Å². The quantitative estimate of drug-likeness (QED) is 0.930. The minimum Gasteiger partial charge on any atom is -0.497 e. The van der Waals surface area contributed by atoms with Crippen LogP contribution in [0.3, 0.4) is 0 Å². The maximum Gasteiger partial charge on any atom is 0.229 e. The standard InChI is InChI=1S/C13H12ClNO2S/c1-17-9-4-5-12(11(14)7-9)15-13(16)8-10-3-2-6-18-10/h2-7H,8H2,1H3,(H,15,16). The van der Waals surface area contributed by atoms with Crippen molar-refractivity contribution >= 4 is 34.5 Å². The van der Waals surface area contributed by atoms with Gasteiger partial charge in [0, 0.05) is 10.9 Å². The molecule has 0 fully saturated rings. The molecule has 3 nitrogen and oxygen atoms in total. The van der Waals surface area contributed by atoms with Crippen LogP contribution in [-0.2, 0) is 11.2 Å². The van der Waals surface area contributed by atoms with Crippen LogP contribution in [0.4, 0.5) is 5.69 Å². The Labute approximate surface area is 114 Å². The minimum atomic E-state index is -0.0792. The number of carbonyl (C=O) groups excluding carboxylic acids is 1. The predicted octanol–water partition coefficient (Wildman–Crippen LogP) is 3.59. The molecule has 0 bridgehead atoms. The molecule has 1 N–H and O–H groups in total. The summed E-state index contributed by atoms with van der Waals surface area (Å²) in [5.41, 5.74) is 0.596. The highest BCUT2D eigenvalue weighted by Crippen LogP contribution is 2.26. The molecule has 0 aliphatic carbocycles. The summed E-state index contributed by atoms with van der Waals surface area (Å²) in [5.74, 6) is 0.584. The lowest BCUT2D eigenvalue weighted by Crippen LogP contribution is -2.13. The first kappa shape index (κ1) is 12.9. The number of thiophene rings is 1. The second-order valence-corrected chi connectivity index (χ2v) is 5.09. The van der Waals surface area contributed by atoms with E-state index in [1.54, 1.807) is 36.6 Å². The van der Waals surface area contributed by atoms with Crippen molar-refractivity contribution in [1.29, 1.82) is 0 Å². The number of nitrogens with one attached hydrogen (secondary N) is 1. The van der Waals surface area contributed by atoms with Gasteiger partial charge in [-0.1, -0.05) is 17.7 Å². The number of amides is 1. The largest absolute Gasteiger partial charge is 0.497 e. The van der Waals surface area contributed by atoms with Crippen molar-refractivity contribution in [2.24, 2.45) is 0 Å². The van der Waals surface area contributed by atoms with E-state index in [9.17, 15) is 4.79 Å². The smallest absolute Gasteiger partial charge is 0.229 e. The number of methoxy groups -OCH3 is 1. The first-order chi connectivity index (χ1) is 8.69. The SMILES string of the molecule is COc1ccc(NC(=O)Cc2cccs2)c(Cl)c1. The number of rotatable bonds is 4. The zero-order valence-electron chi connectivity index (χ0n) is 9.77. The van der Waals surface area contributed by atoms with E-state index >= 15 is 0 Å². The Morgan fingerprint density at radius 3 is 2.89 bits per heavy atom. The molecule has 0 aliphatic rings. The van der Waals surface area contributed by atoms with Crippen molar-refractivity contribution in [3.63, 3.8) is 0 Å². The van der Waals surface area contributed by atoms with E-state index in [0.717, 1.165) is 4.88 Å². The number of anilines is 1. The minimum absolute atomic E-state index is 0.0792. The Morgan fingerprint density at radius 2 is 2.28 bits per heavy atom. The van der Waals surface area contributed by atoms with Gasteiger partial charge in [0.25, 0.3) is 0 Å². The van der Waals surface area contributed by atoms with Crippen LogP contribution in [-0.4, -0.2) is 13.0 Å². The van der Waals surface area contributed by atoms with Gasteiger partial charge in [-0.15, -0.1) is 11.3 Å². The molecular formula is C13H12ClNO2S. The van der Waals surface area contributed by atoms with Crippen LogP contribution in [0.2, 0.25) is 5.02 Å². The van der Waals surface area contributed by atoms with Gasteiger partial charge in [0.15, 0.2) is 0 Å². The van der Waals surface area contributed by atoms with Gasteiger partial charge in [-0.05, 0) is 23.6 Å². The van der Waals surface area contributed by atoms with Crippen LogP contribution in [0.25, 0.3) is 0 Å². The fourth-order valence-electron chi connectivity index (χ4n) is 1.49. The monoisotopic (exact) mass is 281 g/mol. The van der Waals surface area contributed by atoms with E-state index in [-0.39, 0.29) is 5.91 Å².